The highest BCUT2D eigenvalue weighted by Crippen LogP contribution is 2.29. The second-order valence-corrected chi connectivity index (χ2v) is 8.64. The third-order valence-electron chi connectivity index (χ3n) is 5.65. The van der Waals surface area contributed by atoms with E-state index in [9.17, 15) is 22.8 Å². The van der Waals surface area contributed by atoms with Gasteiger partial charge in [-0.3, -0.25) is 4.79 Å². The van der Waals surface area contributed by atoms with Gasteiger partial charge in [0.2, 0.25) is 0 Å². The predicted molar refractivity (Wildman–Crippen MR) is 133 cm³/mol. The molecule has 11 heteroatoms. The fourth-order valence-electron chi connectivity index (χ4n) is 3.84. The molecule has 0 bridgehead atoms. The third kappa shape index (κ3) is 6.45. The number of anilines is 3. The van der Waals surface area contributed by atoms with Gasteiger partial charge in [0.05, 0.1) is 17.4 Å². The first-order chi connectivity index (χ1) is 17.2. The maximum atomic E-state index is 12.8. The van der Waals surface area contributed by atoms with E-state index in [1.54, 1.807) is 41.3 Å². The van der Waals surface area contributed by atoms with Gasteiger partial charge in [0.15, 0.2) is 0 Å². The molecule has 0 radical (unpaired) electrons. The highest BCUT2D eigenvalue weighted by molar-refractivity contribution is 6.30. The third-order valence-corrected chi connectivity index (χ3v) is 5.89. The number of pyridine rings is 1. The Morgan fingerprint density at radius 1 is 0.889 bits per heavy atom. The summed E-state index contributed by atoms with van der Waals surface area (Å²) >= 11 is 6.01. The Kier molecular flexibility index (Phi) is 7.64. The summed E-state index contributed by atoms with van der Waals surface area (Å²) in [5.41, 5.74) is 0.417. The first kappa shape index (κ1) is 25.3. The lowest BCUT2D eigenvalue weighted by Crippen LogP contribution is -2.35. The fraction of sp³-hybridized carbons (Fsp3) is 0.240. The highest BCUT2D eigenvalue weighted by atomic mass is 35.5. The van der Waals surface area contributed by atoms with Crippen LogP contribution in [0.2, 0.25) is 5.02 Å². The molecule has 2 heterocycles. The van der Waals surface area contributed by atoms with Crippen molar-refractivity contribution >= 4 is 40.7 Å². The Bertz CT molecular complexity index is 1220. The lowest BCUT2D eigenvalue weighted by atomic mass is 10.2. The lowest BCUT2D eigenvalue weighted by molar-refractivity contribution is -0.137. The molecule has 36 heavy (non-hydrogen) atoms. The average Bonchev–Trinajstić information content (AvgIpc) is 3.10. The van der Waals surface area contributed by atoms with Gasteiger partial charge < -0.3 is 20.4 Å². The minimum Gasteiger partial charge on any atom is -0.355 e. The van der Waals surface area contributed by atoms with Gasteiger partial charge in [-0.05, 0) is 61.0 Å². The van der Waals surface area contributed by atoms with Crippen molar-refractivity contribution in [3.05, 3.63) is 83.0 Å². The number of carbonyl (C=O) groups excluding carboxylic acids is 2. The van der Waals surface area contributed by atoms with Gasteiger partial charge in [-0.25, -0.2) is 9.78 Å². The molecule has 3 aromatic rings. The number of nitrogens with one attached hydrogen (secondary N) is 2. The summed E-state index contributed by atoms with van der Waals surface area (Å²) in [5.74, 6) is 0.645. The van der Waals surface area contributed by atoms with Crippen LogP contribution in [0.3, 0.4) is 0 Å². The average molecular weight is 518 g/mol. The van der Waals surface area contributed by atoms with E-state index >= 15 is 0 Å². The summed E-state index contributed by atoms with van der Waals surface area (Å²) in [6, 6.07) is 13.9. The van der Waals surface area contributed by atoms with E-state index in [1.807, 2.05) is 0 Å². The molecule has 0 aliphatic carbocycles. The number of hydrogen-bond acceptors (Lipinski definition) is 4. The number of aromatic nitrogens is 1. The van der Waals surface area contributed by atoms with Crippen LogP contribution < -0.4 is 15.5 Å². The molecule has 0 spiro atoms. The number of rotatable bonds is 4. The number of alkyl halides is 3. The lowest BCUT2D eigenvalue weighted by Gasteiger charge is -2.23. The molecule has 0 unspecified atom stereocenters. The van der Waals surface area contributed by atoms with Gasteiger partial charge in [-0.15, -0.1) is 0 Å². The van der Waals surface area contributed by atoms with Crippen LogP contribution in [0.4, 0.5) is 35.2 Å². The molecule has 3 amide bonds. The SMILES string of the molecule is O=C(Nc1ccc(C(F)(F)F)cc1)Nc1ccc(N2CCCN(C(=O)c3cccc(Cl)c3)CC2)nc1. The van der Waals surface area contributed by atoms with Gasteiger partial charge in [-0.1, -0.05) is 17.7 Å². The predicted octanol–water partition coefficient (Wildman–Crippen LogP) is 5.75. The molecule has 1 aliphatic rings. The molecule has 2 N–H and O–H groups in total. The summed E-state index contributed by atoms with van der Waals surface area (Å²) in [7, 11) is 0. The maximum absolute atomic E-state index is 12.8. The molecule has 7 nitrogen and oxygen atoms in total. The van der Waals surface area contributed by atoms with Crippen molar-refractivity contribution in [3.8, 4) is 0 Å². The first-order valence-electron chi connectivity index (χ1n) is 11.2. The summed E-state index contributed by atoms with van der Waals surface area (Å²) in [5, 5.41) is 5.61. The second kappa shape index (κ2) is 10.9. The van der Waals surface area contributed by atoms with Crippen LogP contribution in [0.25, 0.3) is 0 Å². The summed E-state index contributed by atoms with van der Waals surface area (Å²) in [6.45, 7) is 2.46. The van der Waals surface area contributed by atoms with Gasteiger partial charge >= 0.3 is 12.2 Å². The molecular weight excluding hydrogens is 495 g/mol. The van der Waals surface area contributed by atoms with E-state index in [2.05, 4.69) is 20.5 Å². The second-order valence-electron chi connectivity index (χ2n) is 8.20. The number of urea groups is 1. The van der Waals surface area contributed by atoms with E-state index in [0.717, 1.165) is 18.6 Å². The molecule has 1 aliphatic heterocycles. The van der Waals surface area contributed by atoms with Crippen LogP contribution in [-0.4, -0.2) is 48.0 Å². The molecule has 1 saturated heterocycles. The fourth-order valence-corrected chi connectivity index (χ4v) is 4.03. The number of halogens is 4. The molecule has 2 aromatic carbocycles. The van der Waals surface area contributed by atoms with Gasteiger partial charge in [0.25, 0.3) is 5.91 Å². The Morgan fingerprint density at radius 2 is 1.61 bits per heavy atom. The van der Waals surface area contributed by atoms with Crippen LogP contribution >= 0.6 is 11.6 Å². The number of amides is 3. The summed E-state index contributed by atoms with van der Waals surface area (Å²) in [4.78, 5) is 33.3. The van der Waals surface area contributed by atoms with Gasteiger partial charge in [0, 0.05) is 42.5 Å². The molecule has 0 atom stereocenters. The van der Waals surface area contributed by atoms with Crippen molar-refractivity contribution in [3.63, 3.8) is 0 Å². The topological polar surface area (TPSA) is 77.6 Å². The van der Waals surface area contributed by atoms with Crippen LogP contribution in [0, 0.1) is 0 Å². The Hall–Kier alpha value is -3.79. The van der Waals surface area contributed by atoms with Crippen LogP contribution in [-0.2, 0) is 6.18 Å². The van der Waals surface area contributed by atoms with Crippen molar-refractivity contribution in [2.24, 2.45) is 0 Å². The summed E-state index contributed by atoms with van der Waals surface area (Å²) < 4.78 is 38.0. The number of carbonyl (C=O) groups is 2. The summed E-state index contributed by atoms with van der Waals surface area (Å²) in [6.07, 6.45) is -2.17. The van der Waals surface area contributed by atoms with Crippen molar-refractivity contribution < 1.29 is 22.8 Å². The van der Waals surface area contributed by atoms with Crippen molar-refractivity contribution in [1.29, 1.82) is 0 Å². The normalized spacial score (nSPS) is 14.2. The standard InChI is InChI=1S/C25H23ClF3N5O2/c26-19-4-1-3-17(15-19)23(35)34-12-2-11-33(13-14-34)22-10-9-21(16-30-22)32-24(36)31-20-7-5-18(6-8-20)25(27,28)29/h1,3-10,15-16H,2,11-14H2,(H2,31,32,36). The van der Waals surface area contributed by atoms with E-state index < -0.39 is 17.8 Å². The van der Waals surface area contributed by atoms with E-state index in [4.69, 9.17) is 11.6 Å². The van der Waals surface area contributed by atoms with Crippen molar-refractivity contribution in [1.82, 2.24) is 9.88 Å². The van der Waals surface area contributed by atoms with E-state index in [-0.39, 0.29) is 11.6 Å². The quantitative estimate of drug-likeness (QED) is 0.462. The highest BCUT2D eigenvalue weighted by Gasteiger charge is 2.30. The van der Waals surface area contributed by atoms with Gasteiger partial charge in [0.1, 0.15) is 5.82 Å². The zero-order chi connectivity index (χ0) is 25.7. The number of benzene rings is 2. The molecule has 4 rings (SSSR count). The monoisotopic (exact) mass is 517 g/mol. The van der Waals surface area contributed by atoms with Crippen LogP contribution in [0.5, 0.6) is 0 Å². The molecular formula is C25H23ClF3N5O2. The first-order valence-corrected chi connectivity index (χ1v) is 11.6. The minimum absolute atomic E-state index is 0.0640. The molecule has 0 saturated carbocycles. The Labute approximate surface area is 210 Å². The Balaban J connectivity index is 1.31. The zero-order valence-electron chi connectivity index (χ0n) is 19.1. The van der Waals surface area contributed by atoms with Crippen LogP contribution in [0.1, 0.15) is 22.3 Å². The molecule has 188 valence electrons. The van der Waals surface area contributed by atoms with E-state index in [1.165, 1.54) is 18.3 Å². The smallest absolute Gasteiger partial charge is 0.355 e. The number of hydrogen-bond donors (Lipinski definition) is 2. The zero-order valence-corrected chi connectivity index (χ0v) is 19.8. The van der Waals surface area contributed by atoms with Crippen molar-refractivity contribution in [2.45, 2.75) is 12.6 Å². The Morgan fingerprint density at radius 3 is 2.28 bits per heavy atom. The van der Waals surface area contributed by atoms with Gasteiger partial charge in [-0.2, -0.15) is 13.2 Å². The molecule has 1 aromatic heterocycles. The minimum atomic E-state index is -4.44. The maximum Gasteiger partial charge on any atom is 0.416 e. The van der Waals surface area contributed by atoms with Crippen LogP contribution in [0.15, 0.2) is 66.9 Å². The number of nitrogens with zero attached hydrogens (tertiary/aromatic N) is 3. The molecule has 1 fully saturated rings. The van der Waals surface area contributed by atoms with Crippen molar-refractivity contribution in [2.75, 3.05) is 41.7 Å². The van der Waals surface area contributed by atoms with E-state index in [0.29, 0.717) is 48.3 Å². The largest absolute Gasteiger partial charge is 0.416 e.